The highest BCUT2D eigenvalue weighted by Crippen LogP contribution is 2.24. The summed E-state index contributed by atoms with van der Waals surface area (Å²) in [6.07, 6.45) is 2.31. The Morgan fingerprint density at radius 3 is 2.68 bits per heavy atom. The SMILES string of the molecule is CC(=O)OC[C@H]1O[C@@H](/C=C2\CCO[C@H](CO)[C@H]2O)C=C[C@@H]1OC(C)=O. The Labute approximate surface area is 146 Å². The molecule has 0 amide bonds. The van der Waals surface area contributed by atoms with Crippen molar-refractivity contribution in [3.05, 3.63) is 23.8 Å². The monoisotopic (exact) mass is 356 g/mol. The van der Waals surface area contributed by atoms with Crippen molar-refractivity contribution in [3.8, 4) is 0 Å². The lowest BCUT2D eigenvalue weighted by molar-refractivity contribution is -0.161. The van der Waals surface area contributed by atoms with Gasteiger partial charge in [0.2, 0.25) is 0 Å². The summed E-state index contributed by atoms with van der Waals surface area (Å²) in [5.74, 6) is -0.922. The third-order valence-corrected chi connectivity index (χ3v) is 3.95. The smallest absolute Gasteiger partial charge is 0.303 e. The van der Waals surface area contributed by atoms with Gasteiger partial charge in [-0.1, -0.05) is 12.2 Å². The highest BCUT2D eigenvalue weighted by Gasteiger charge is 2.32. The standard InChI is InChI=1S/C17H24O8/c1-10(19)23-9-16-14(24-11(2)20)4-3-13(25-16)7-12-5-6-22-15(8-18)17(12)21/h3-4,7,13-18,21H,5-6,8-9H2,1-2H3/b12-7+/t13-,14+,15-,16-,17+/m1/s1. The van der Waals surface area contributed by atoms with Crippen molar-refractivity contribution in [2.45, 2.75) is 50.8 Å². The molecule has 0 aromatic carbocycles. The molecule has 0 aromatic heterocycles. The maximum absolute atomic E-state index is 11.2. The fourth-order valence-electron chi connectivity index (χ4n) is 2.75. The summed E-state index contributed by atoms with van der Waals surface area (Å²) >= 11 is 0. The van der Waals surface area contributed by atoms with E-state index in [2.05, 4.69) is 0 Å². The molecule has 0 bridgehead atoms. The molecule has 8 nitrogen and oxygen atoms in total. The van der Waals surface area contributed by atoms with Gasteiger partial charge in [0.25, 0.3) is 0 Å². The lowest BCUT2D eigenvalue weighted by Gasteiger charge is -2.33. The van der Waals surface area contributed by atoms with Crippen molar-refractivity contribution in [2.24, 2.45) is 0 Å². The van der Waals surface area contributed by atoms with Crippen molar-refractivity contribution >= 4 is 11.9 Å². The van der Waals surface area contributed by atoms with Crippen molar-refractivity contribution in [3.63, 3.8) is 0 Å². The predicted octanol–water partition coefficient (Wildman–Crippen LogP) is -0.127. The summed E-state index contributed by atoms with van der Waals surface area (Å²) in [6.45, 7) is 2.65. The molecule has 0 spiro atoms. The van der Waals surface area contributed by atoms with Crippen LogP contribution in [-0.2, 0) is 28.5 Å². The number of carbonyl (C=O) groups excluding carboxylic acids is 2. The Morgan fingerprint density at radius 2 is 2.04 bits per heavy atom. The third kappa shape index (κ3) is 5.64. The summed E-state index contributed by atoms with van der Waals surface area (Å²) in [4.78, 5) is 22.2. The molecule has 2 rings (SSSR count). The van der Waals surface area contributed by atoms with Crippen LogP contribution in [0.5, 0.6) is 0 Å². The largest absolute Gasteiger partial charge is 0.463 e. The molecule has 0 aromatic rings. The second kappa shape index (κ2) is 9.10. The first-order valence-electron chi connectivity index (χ1n) is 8.16. The van der Waals surface area contributed by atoms with E-state index < -0.39 is 42.5 Å². The van der Waals surface area contributed by atoms with E-state index in [9.17, 15) is 19.8 Å². The topological polar surface area (TPSA) is 112 Å². The van der Waals surface area contributed by atoms with E-state index in [1.807, 2.05) is 0 Å². The van der Waals surface area contributed by atoms with Gasteiger partial charge in [0.1, 0.15) is 31.0 Å². The van der Waals surface area contributed by atoms with Crippen LogP contribution in [-0.4, -0.2) is 72.5 Å². The van der Waals surface area contributed by atoms with Crippen LogP contribution in [0, 0.1) is 0 Å². The molecule has 0 saturated carbocycles. The Hall–Kier alpha value is -1.74. The van der Waals surface area contributed by atoms with Crippen LogP contribution >= 0.6 is 0 Å². The fourth-order valence-corrected chi connectivity index (χ4v) is 2.75. The average Bonchev–Trinajstić information content (AvgIpc) is 2.56. The molecule has 8 heteroatoms. The van der Waals surface area contributed by atoms with Crippen LogP contribution in [0.4, 0.5) is 0 Å². The zero-order chi connectivity index (χ0) is 18.4. The molecule has 1 fully saturated rings. The quantitative estimate of drug-likeness (QED) is 0.518. The molecule has 2 N–H and O–H groups in total. The van der Waals surface area contributed by atoms with Gasteiger partial charge in [0, 0.05) is 13.8 Å². The van der Waals surface area contributed by atoms with E-state index in [0.717, 1.165) is 0 Å². The van der Waals surface area contributed by atoms with E-state index in [1.54, 1.807) is 18.2 Å². The second-order valence-corrected chi connectivity index (χ2v) is 5.93. The summed E-state index contributed by atoms with van der Waals surface area (Å²) < 4.78 is 21.3. The zero-order valence-electron chi connectivity index (χ0n) is 14.3. The Balaban J connectivity index is 2.09. The molecule has 1 saturated heterocycles. The second-order valence-electron chi connectivity index (χ2n) is 5.93. The normalized spacial score (nSPS) is 33.9. The molecule has 0 radical (unpaired) electrons. The minimum Gasteiger partial charge on any atom is -0.463 e. The predicted molar refractivity (Wildman–Crippen MR) is 85.5 cm³/mol. The fraction of sp³-hybridized carbons (Fsp3) is 0.647. The molecular formula is C17H24O8. The molecule has 2 aliphatic rings. The maximum Gasteiger partial charge on any atom is 0.303 e. The van der Waals surface area contributed by atoms with Crippen molar-refractivity contribution in [2.75, 3.05) is 19.8 Å². The Morgan fingerprint density at radius 1 is 1.28 bits per heavy atom. The van der Waals surface area contributed by atoms with Crippen molar-refractivity contribution < 1.29 is 38.7 Å². The van der Waals surface area contributed by atoms with Crippen LogP contribution in [0.1, 0.15) is 20.3 Å². The molecule has 2 aliphatic heterocycles. The van der Waals surface area contributed by atoms with E-state index in [1.165, 1.54) is 13.8 Å². The number of aliphatic hydroxyl groups excluding tert-OH is 2. The van der Waals surface area contributed by atoms with Gasteiger partial charge in [-0.25, -0.2) is 0 Å². The Kier molecular flexibility index (Phi) is 7.12. The average molecular weight is 356 g/mol. The van der Waals surface area contributed by atoms with Crippen LogP contribution in [0.25, 0.3) is 0 Å². The number of esters is 2. The van der Waals surface area contributed by atoms with Crippen LogP contribution in [0.15, 0.2) is 23.8 Å². The number of hydrogen-bond acceptors (Lipinski definition) is 8. The lowest BCUT2D eigenvalue weighted by Crippen LogP contribution is -2.42. The van der Waals surface area contributed by atoms with E-state index in [-0.39, 0.29) is 13.2 Å². The first-order chi connectivity index (χ1) is 11.9. The number of carbonyl (C=O) groups is 2. The number of aliphatic hydroxyl groups is 2. The minimum atomic E-state index is -0.908. The van der Waals surface area contributed by atoms with Crippen molar-refractivity contribution in [1.29, 1.82) is 0 Å². The van der Waals surface area contributed by atoms with Gasteiger partial charge in [-0.05, 0) is 18.1 Å². The van der Waals surface area contributed by atoms with Gasteiger partial charge < -0.3 is 29.2 Å². The molecular weight excluding hydrogens is 332 g/mol. The summed E-state index contributed by atoms with van der Waals surface area (Å²) in [5.41, 5.74) is 0.706. The first-order valence-corrected chi connectivity index (χ1v) is 8.16. The zero-order valence-corrected chi connectivity index (χ0v) is 14.3. The van der Waals surface area contributed by atoms with Crippen LogP contribution in [0.2, 0.25) is 0 Å². The lowest BCUT2D eigenvalue weighted by atomic mass is 9.96. The summed E-state index contributed by atoms with van der Waals surface area (Å²) in [7, 11) is 0. The number of rotatable bonds is 5. The van der Waals surface area contributed by atoms with Gasteiger partial charge in [0.05, 0.1) is 19.3 Å². The first kappa shape index (κ1) is 19.6. The molecule has 5 atom stereocenters. The van der Waals surface area contributed by atoms with Gasteiger partial charge in [0.15, 0.2) is 0 Å². The molecule has 2 heterocycles. The molecule has 0 unspecified atom stereocenters. The molecule has 0 aliphatic carbocycles. The minimum absolute atomic E-state index is 0.0534. The van der Waals surface area contributed by atoms with Gasteiger partial charge >= 0.3 is 11.9 Å². The van der Waals surface area contributed by atoms with E-state index in [4.69, 9.17) is 18.9 Å². The van der Waals surface area contributed by atoms with Gasteiger partial charge in [-0.15, -0.1) is 0 Å². The maximum atomic E-state index is 11.2. The third-order valence-electron chi connectivity index (χ3n) is 3.95. The Bertz CT molecular complexity index is 541. The highest BCUT2D eigenvalue weighted by molar-refractivity contribution is 5.66. The van der Waals surface area contributed by atoms with Crippen LogP contribution in [0.3, 0.4) is 0 Å². The van der Waals surface area contributed by atoms with E-state index >= 15 is 0 Å². The number of ether oxygens (including phenoxy) is 4. The van der Waals surface area contributed by atoms with Gasteiger partial charge in [-0.3, -0.25) is 9.59 Å². The summed E-state index contributed by atoms with van der Waals surface area (Å²) in [6, 6.07) is 0. The van der Waals surface area contributed by atoms with Crippen LogP contribution < -0.4 is 0 Å². The molecule has 140 valence electrons. The highest BCUT2D eigenvalue weighted by atomic mass is 16.6. The summed E-state index contributed by atoms with van der Waals surface area (Å²) in [5, 5.41) is 19.4. The molecule has 25 heavy (non-hydrogen) atoms. The van der Waals surface area contributed by atoms with Crippen molar-refractivity contribution in [1.82, 2.24) is 0 Å². The van der Waals surface area contributed by atoms with Gasteiger partial charge in [-0.2, -0.15) is 0 Å². The van der Waals surface area contributed by atoms with E-state index in [0.29, 0.717) is 18.6 Å². The number of hydrogen-bond donors (Lipinski definition) is 2.